The highest BCUT2D eigenvalue weighted by atomic mass is 19.4. The molecule has 7 nitrogen and oxygen atoms in total. The van der Waals surface area contributed by atoms with Gasteiger partial charge in [-0.05, 0) is 68.7 Å². The minimum Gasteiger partial charge on any atom is -0.486 e. The molecule has 0 saturated heterocycles. The van der Waals surface area contributed by atoms with E-state index in [1.54, 1.807) is 31.2 Å². The van der Waals surface area contributed by atoms with Crippen LogP contribution in [0.2, 0.25) is 0 Å². The maximum atomic E-state index is 13.3. The summed E-state index contributed by atoms with van der Waals surface area (Å²) >= 11 is 0. The van der Waals surface area contributed by atoms with Gasteiger partial charge in [-0.15, -0.1) is 0 Å². The van der Waals surface area contributed by atoms with Crippen LogP contribution in [-0.4, -0.2) is 35.0 Å². The Morgan fingerprint density at radius 1 is 0.976 bits per heavy atom. The average Bonchev–Trinajstić information content (AvgIpc) is 2.90. The van der Waals surface area contributed by atoms with Crippen LogP contribution in [0.25, 0.3) is 0 Å². The molecule has 1 amide bonds. The first-order chi connectivity index (χ1) is 19.5. The molecular formula is C29H30F6N4O3. The van der Waals surface area contributed by atoms with Gasteiger partial charge in [-0.3, -0.25) is 10.2 Å². The maximum Gasteiger partial charge on any atom is 0.417 e. The number of alkyl halides is 6. The number of rotatable bonds is 11. The molecule has 0 bridgehead atoms. The number of hydrogen-bond donors (Lipinski definition) is 3. The van der Waals surface area contributed by atoms with Crippen molar-refractivity contribution in [3.8, 4) is 11.6 Å². The molecule has 0 saturated carbocycles. The van der Waals surface area contributed by atoms with Crippen molar-refractivity contribution in [2.75, 3.05) is 6.61 Å². The quantitative estimate of drug-likeness (QED) is 0.140. The summed E-state index contributed by atoms with van der Waals surface area (Å²) in [4.78, 5) is 16.9. The van der Waals surface area contributed by atoms with Crippen molar-refractivity contribution >= 4 is 11.7 Å². The molecule has 2 unspecified atom stereocenters. The Labute approximate surface area is 238 Å². The van der Waals surface area contributed by atoms with E-state index in [1.165, 1.54) is 26.0 Å². The van der Waals surface area contributed by atoms with Crippen LogP contribution >= 0.6 is 0 Å². The van der Waals surface area contributed by atoms with Crippen molar-refractivity contribution in [2.24, 2.45) is 5.73 Å². The normalized spacial score (nSPS) is 13.6. The fourth-order valence-corrected chi connectivity index (χ4v) is 4.06. The van der Waals surface area contributed by atoms with Crippen LogP contribution in [-0.2, 0) is 23.6 Å². The zero-order chi connectivity index (χ0) is 31.3. The molecule has 0 aliphatic heterocycles. The van der Waals surface area contributed by atoms with E-state index in [9.17, 15) is 31.1 Å². The van der Waals surface area contributed by atoms with Crippen LogP contribution in [0.1, 0.15) is 48.9 Å². The Morgan fingerprint density at radius 2 is 1.60 bits per heavy atom. The van der Waals surface area contributed by atoms with Gasteiger partial charge >= 0.3 is 12.4 Å². The highest BCUT2D eigenvalue weighted by molar-refractivity contribution is 5.85. The van der Waals surface area contributed by atoms with Crippen LogP contribution in [0, 0.1) is 5.41 Å². The molecule has 4 N–H and O–H groups in total. The summed E-state index contributed by atoms with van der Waals surface area (Å²) < 4.78 is 88.9. The molecule has 3 rings (SSSR count). The van der Waals surface area contributed by atoms with Crippen LogP contribution in [0.5, 0.6) is 11.6 Å². The standard InChI is InChI=1S/C29H30F6N4O3/c1-17(39-26(40)27(2,3)42-25-12-11-21(15-38-25)29(33,34)35)23(13-18-7-9-20(10-8-18)28(30,31)32)19-5-4-6-22(14-19)41-16-24(36)37/h4-12,14-15,17,23H,13,16H2,1-3H3,(H3,36,37)(H,39,40). The van der Waals surface area contributed by atoms with E-state index in [4.69, 9.17) is 20.6 Å². The third-order valence-corrected chi connectivity index (χ3v) is 6.35. The van der Waals surface area contributed by atoms with E-state index in [2.05, 4.69) is 10.3 Å². The van der Waals surface area contributed by atoms with Crippen molar-refractivity contribution in [2.45, 2.75) is 57.1 Å². The summed E-state index contributed by atoms with van der Waals surface area (Å²) in [6.45, 7) is 4.41. The van der Waals surface area contributed by atoms with Gasteiger partial charge in [0.25, 0.3) is 5.91 Å². The summed E-state index contributed by atoms with van der Waals surface area (Å²) in [5.74, 6) is -1.04. The average molecular weight is 597 g/mol. The fraction of sp³-hybridized carbons (Fsp3) is 0.345. The number of nitrogens with zero attached hydrogens (tertiary/aromatic N) is 1. The van der Waals surface area contributed by atoms with Gasteiger partial charge in [-0.1, -0.05) is 24.3 Å². The molecular weight excluding hydrogens is 566 g/mol. The van der Waals surface area contributed by atoms with E-state index in [0.29, 0.717) is 23.1 Å². The van der Waals surface area contributed by atoms with Gasteiger partial charge in [0.1, 0.15) is 18.2 Å². The molecule has 226 valence electrons. The number of pyridine rings is 1. The Balaban J connectivity index is 1.83. The number of aromatic nitrogens is 1. The molecule has 0 aliphatic rings. The monoisotopic (exact) mass is 596 g/mol. The number of amides is 1. The Bertz CT molecular complexity index is 1370. The molecule has 42 heavy (non-hydrogen) atoms. The number of carbonyl (C=O) groups is 1. The summed E-state index contributed by atoms with van der Waals surface area (Å²) in [6.07, 6.45) is -8.23. The highest BCUT2D eigenvalue weighted by Gasteiger charge is 2.35. The van der Waals surface area contributed by atoms with E-state index >= 15 is 0 Å². The third kappa shape index (κ3) is 8.85. The summed E-state index contributed by atoms with van der Waals surface area (Å²) in [5, 5.41) is 10.2. The number of amidine groups is 1. The van der Waals surface area contributed by atoms with Crippen LogP contribution < -0.4 is 20.5 Å². The number of hydrogen-bond acceptors (Lipinski definition) is 5. The lowest BCUT2D eigenvalue weighted by Crippen LogP contribution is -2.51. The van der Waals surface area contributed by atoms with Gasteiger partial charge in [0, 0.05) is 24.2 Å². The van der Waals surface area contributed by atoms with Crippen molar-refractivity contribution in [3.63, 3.8) is 0 Å². The van der Waals surface area contributed by atoms with Crippen molar-refractivity contribution in [1.29, 1.82) is 5.41 Å². The predicted molar refractivity (Wildman–Crippen MR) is 143 cm³/mol. The molecule has 2 atom stereocenters. The van der Waals surface area contributed by atoms with Gasteiger partial charge in [-0.25, -0.2) is 4.98 Å². The van der Waals surface area contributed by atoms with E-state index in [-0.39, 0.29) is 24.7 Å². The molecule has 0 radical (unpaired) electrons. The largest absolute Gasteiger partial charge is 0.486 e. The van der Waals surface area contributed by atoms with Gasteiger partial charge in [0.15, 0.2) is 5.60 Å². The number of nitrogens with two attached hydrogens (primary N) is 1. The minimum atomic E-state index is -4.58. The van der Waals surface area contributed by atoms with Crippen LogP contribution in [0.15, 0.2) is 66.9 Å². The molecule has 0 spiro atoms. The number of benzene rings is 2. The summed E-state index contributed by atoms with van der Waals surface area (Å²) in [5.41, 5.74) is 3.33. The fourth-order valence-electron chi connectivity index (χ4n) is 4.06. The zero-order valence-electron chi connectivity index (χ0n) is 22.9. The number of nitrogens with one attached hydrogen (secondary N) is 2. The SMILES string of the molecule is CC(NC(=O)C(C)(C)Oc1ccc(C(F)(F)F)cn1)C(Cc1ccc(C(F)(F)F)cc1)c1cccc(OCC(=N)N)c1. The number of carbonyl (C=O) groups excluding carboxylic acids is 1. The van der Waals surface area contributed by atoms with E-state index in [0.717, 1.165) is 24.3 Å². The second-order valence-electron chi connectivity index (χ2n) is 10.1. The maximum absolute atomic E-state index is 13.3. The first kappa shape index (κ1) is 32.2. The first-order valence-electron chi connectivity index (χ1n) is 12.7. The van der Waals surface area contributed by atoms with Crippen LogP contribution in [0.4, 0.5) is 26.3 Å². The van der Waals surface area contributed by atoms with Gasteiger partial charge < -0.3 is 20.5 Å². The van der Waals surface area contributed by atoms with E-state index < -0.39 is 46.9 Å². The number of ether oxygens (including phenoxy) is 2. The minimum absolute atomic E-state index is 0.150. The number of halogens is 6. The molecule has 2 aromatic carbocycles. The lowest BCUT2D eigenvalue weighted by molar-refractivity contribution is -0.138. The van der Waals surface area contributed by atoms with E-state index in [1.807, 2.05) is 0 Å². The first-order valence-corrected chi connectivity index (χ1v) is 12.7. The lowest BCUT2D eigenvalue weighted by atomic mass is 9.86. The Hall–Kier alpha value is -4.29. The van der Waals surface area contributed by atoms with Crippen molar-refractivity contribution in [1.82, 2.24) is 10.3 Å². The molecule has 13 heteroatoms. The van der Waals surface area contributed by atoms with Gasteiger partial charge in [0.2, 0.25) is 5.88 Å². The molecule has 3 aromatic rings. The summed E-state index contributed by atoms with van der Waals surface area (Å²) in [6, 6.07) is 12.7. The summed E-state index contributed by atoms with van der Waals surface area (Å²) in [7, 11) is 0. The zero-order valence-corrected chi connectivity index (χ0v) is 22.9. The molecule has 1 heterocycles. The highest BCUT2D eigenvalue weighted by Crippen LogP contribution is 2.32. The smallest absolute Gasteiger partial charge is 0.417 e. The topological polar surface area (TPSA) is 110 Å². The second-order valence-corrected chi connectivity index (χ2v) is 10.1. The lowest BCUT2D eigenvalue weighted by Gasteiger charge is -2.31. The van der Waals surface area contributed by atoms with Crippen molar-refractivity contribution < 1.29 is 40.6 Å². The molecule has 1 aromatic heterocycles. The third-order valence-electron chi connectivity index (χ3n) is 6.35. The Kier molecular flexibility index (Phi) is 9.75. The van der Waals surface area contributed by atoms with Crippen molar-refractivity contribution in [3.05, 3.63) is 89.1 Å². The predicted octanol–water partition coefficient (Wildman–Crippen LogP) is 6.12. The molecule has 0 fully saturated rings. The van der Waals surface area contributed by atoms with Gasteiger partial charge in [-0.2, -0.15) is 26.3 Å². The van der Waals surface area contributed by atoms with Gasteiger partial charge in [0.05, 0.1) is 11.1 Å². The second kappa shape index (κ2) is 12.7. The Morgan fingerprint density at radius 3 is 2.14 bits per heavy atom. The van der Waals surface area contributed by atoms with Crippen LogP contribution in [0.3, 0.4) is 0 Å². The molecule has 0 aliphatic carbocycles.